The second-order valence-corrected chi connectivity index (χ2v) is 6.31. The molecule has 0 spiro atoms. The number of morpholine rings is 1. The molecule has 9 heteroatoms. The fourth-order valence-electron chi connectivity index (χ4n) is 3.05. The summed E-state index contributed by atoms with van der Waals surface area (Å²) in [6.07, 6.45) is -5.12. The Labute approximate surface area is 172 Å². The maximum absolute atomic E-state index is 12.7. The molecule has 3 rings (SSSR count). The first-order valence-electron chi connectivity index (χ1n) is 8.75. The molecule has 1 aliphatic rings. The number of amides is 1. The van der Waals surface area contributed by atoms with E-state index in [0.29, 0.717) is 23.7 Å². The van der Waals surface area contributed by atoms with Gasteiger partial charge >= 0.3 is 12.1 Å². The second-order valence-electron chi connectivity index (χ2n) is 6.31. The summed E-state index contributed by atoms with van der Waals surface area (Å²) in [5, 5.41) is 0. The van der Waals surface area contributed by atoms with Crippen molar-refractivity contribution < 1.29 is 32.2 Å². The molecule has 5 nitrogen and oxygen atoms in total. The maximum atomic E-state index is 12.7. The van der Waals surface area contributed by atoms with E-state index in [1.165, 1.54) is 7.11 Å². The number of para-hydroxylation sites is 3. The van der Waals surface area contributed by atoms with Gasteiger partial charge in [-0.05, 0) is 23.8 Å². The average Bonchev–Trinajstić information content (AvgIpc) is 2.69. The number of hydrogen-bond acceptors (Lipinski definition) is 4. The minimum atomic E-state index is -4.88. The van der Waals surface area contributed by atoms with Crippen molar-refractivity contribution in [3.8, 4) is 17.2 Å². The van der Waals surface area contributed by atoms with Gasteiger partial charge in [-0.1, -0.05) is 30.3 Å². The van der Waals surface area contributed by atoms with Crippen molar-refractivity contribution in [2.75, 3.05) is 26.8 Å². The molecule has 2 aromatic carbocycles. The van der Waals surface area contributed by atoms with Gasteiger partial charge in [0.05, 0.1) is 19.8 Å². The smallest absolute Gasteiger partial charge is 0.471 e. The van der Waals surface area contributed by atoms with Crippen LogP contribution in [0.5, 0.6) is 17.2 Å². The van der Waals surface area contributed by atoms with Crippen LogP contribution < -0.4 is 9.47 Å². The lowest BCUT2D eigenvalue weighted by molar-refractivity contribution is -0.191. The minimum absolute atomic E-state index is 0. The van der Waals surface area contributed by atoms with Crippen molar-refractivity contribution in [1.29, 1.82) is 0 Å². The van der Waals surface area contributed by atoms with Crippen LogP contribution in [0.25, 0.3) is 0 Å². The molecule has 1 aliphatic heterocycles. The molecule has 1 heterocycles. The lowest BCUT2D eigenvalue weighted by Crippen LogP contribution is -2.50. The molecule has 0 saturated carbocycles. The molecule has 0 bridgehead atoms. The number of carbonyl (C=O) groups is 1. The number of hydrogen-bond donors (Lipinski definition) is 0. The molecule has 1 atom stereocenters. The molecule has 0 N–H and O–H groups in total. The number of halogens is 4. The van der Waals surface area contributed by atoms with Crippen LogP contribution in [0.15, 0.2) is 48.5 Å². The number of methoxy groups -OCH3 is 1. The predicted molar refractivity (Wildman–Crippen MR) is 103 cm³/mol. The highest BCUT2D eigenvalue weighted by atomic mass is 35.5. The van der Waals surface area contributed by atoms with Gasteiger partial charge in [-0.3, -0.25) is 4.79 Å². The van der Waals surface area contributed by atoms with Crippen LogP contribution in [0.1, 0.15) is 5.56 Å². The number of nitrogens with zero attached hydrogens (tertiary/aromatic N) is 1. The van der Waals surface area contributed by atoms with Crippen molar-refractivity contribution >= 4 is 18.3 Å². The molecular formula is C20H21ClF3NO4. The monoisotopic (exact) mass is 431 g/mol. The predicted octanol–water partition coefficient (Wildman–Crippen LogP) is 4.24. The third-order valence-electron chi connectivity index (χ3n) is 4.38. The Morgan fingerprint density at radius 3 is 2.38 bits per heavy atom. The second kappa shape index (κ2) is 9.84. The minimum Gasteiger partial charge on any atom is -0.493 e. The van der Waals surface area contributed by atoms with Gasteiger partial charge in [-0.25, -0.2) is 0 Å². The zero-order chi connectivity index (χ0) is 20.1. The first-order chi connectivity index (χ1) is 13.4. The van der Waals surface area contributed by atoms with E-state index in [0.717, 1.165) is 10.5 Å². The Kier molecular flexibility index (Phi) is 7.75. The summed E-state index contributed by atoms with van der Waals surface area (Å²) in [5.41, 5.74) is 0.764. The molecule has 0 aromatic heterocycles. The normalized spacial score (nSPS) is 16.7. The third kappa shape index (κ3) is 5.77. The lowest BCUT2D eigenvalue weighted by atomic mass is 10.1. The molecule has 158 valence electrons. The van der Waals surface area contributed by atoms with E-state index in [1.807, 2.05) is 24.3 Å². The van der Waals surface area contributed by atoms with Crippen LogP contribution in [0.4, 0.5) is 13.2 Å². The van der Waals surface area contributed by atoms with Gasteiger partial charge in [0, 0.05) is 19.5 Å². The molecule has 1 amide bonds. The van der Waals surface area contributed by atoms with Gasteiger partial charge in [-0.2, -0.15) is 13.2 Å². The van der Waals surface area contributed by atoms with Crippen LogP contribution in [-0.2, 0) is 16.0 Å². The van der Waals surface area contributed by atoms with E-state index in [-0.39, 0.29) is 32.1 Å². The summed E-state index contributed by atoms with van der Waals surface area (Å²) in [6.45, 7) is -0.141. The van der Waals surface area contributed by atoms with Crippen molar-refractivity contribution in [1.82, 2.24) is 4.90 Å². The van der Waals surface area contributed by atoms with Crippen LogP contribution >= 0.6 is 12.4 Å². The van der Waals surface area contributed by atoms with E-state index in [2.05, 4.69) is 0 Å². The topological polar surface area (TPSA) is 48.0 Å². The van der Waals surface area contributed by atoms with E-state index >= 15 is 0 Å². The summed E-state index contributed by atoms with van der Waals surface area (Å²) < 4.78 is 54.9. The fourth-order valence-corrected chi connectivity index (χ4v) is 3.05. The van der Waals surface area contributed by atoms with Crippen LogP contribution in [0.3, 0.4) is 0 Å². The van der Waals surface area contributed by atoms with Gasteiger partial charge in [0.25, 0.3) is 0 Å². The summed E-state index contributed by atoms with van der Waals surface area (Å²) in [7, 11) is 1.54. The Hall–Kier alpha value is -2.45. The van der Waals surface area contributed by atoms with E-state index in [1.54, 1.807) is 24.3 Å². The molecule has 1 unspecified atom stereocenters. The van der Waals surface area contributed by atoms with E-state index in [9.17, 15) is 18.0 Å². The summed E-state index contributed by atoms with van der Waals surface area (Å²) in [4.78, 5) is 12.3. The van der Waals surface area contributed by atoms with Gasteiger partial charge in [-0.15, -0.1) is 12.4 Å². The molecule has 29 heavy (non-hydrogen) atoms. The standard InChI is InChI=1S/C20H20F3NO4.ClH/c1-26-17-8-4-5-9-18(17)28-16-7-3-2-6-14(16)12-15-13-24(10-11-27-15)19(25)20(21,22)23;/h2-9,15H,10-13H2,1H3;1H. The summed E-state index contributed by atoms with van der Waals surface area (Å²) >= 11 is 0. The van der Waals surface area contributed by atoms with Crippen LogP contribution in [-0.4, -0.2) is 49.9 Å². The molecule has 1 saturated heterocycles. The average molecular weight is 432 g/mol. The van der Waals surface area contributed by atoms with Crippen molar-refractivity contribution in [3.63, 3.8) is 0 Å². The SMILES string of the molecule is COc1ccccc1Oc1ccccc1CC1CN(C(=O)C(F)(F)F)CCO1.Cl. The molecule has 2 aromatic rings. The zero-order valence-corrected chi connectivity index (χ0v) is 16.5. The molecular weight excluding hydrogens is 411 g/mol. The quantitative estimate of drug-likeness (QED) is 0.710. The van der Waals surface area contributed by atoms with Gasteiger partial charge < -0.3 is 19.1 Å². The Morgan fingerprint density at radius 2 is 1.72 bits per heavy atom. The van der Waals surface area contributed by atoms with Crippen LogP contribution in [0, 0.1) is 0 Å². The largest absolute Gasteiger partial charge is 0.493 e. The van der Waals surface area contributed by atoms with Gasteiger partial charge in [0.1, 0.15) is 5.75 Å². The molecule has 0 radical (unpaired) electrons. The number of benzene rings is 2. The van der Waals surface area contributed by atoms with E-state index in [4.69, 9.17) is 14.2 Å². The highest BCUT2D eigenvalue weighted by molar-refractivity contribution is 5.85. The number of alkyl halides is 3. The zero-order valence-electron chi connectivity index (χ0n) is 15.6. The highest BCUT2D eigenvalue weighted by Gasteiger charge is 2.43. The molecule has 1 fully saturated rings. The highest BCUT2D eigenvalue weighted by Crippen LogP contribution is 2.33. The summed E-state index contributed by atoms with van der Waals surface area (Å²) in [5.74, 6) is -0.196. The Morgan fingerprint density at radius 1 is 1.10 bits per heavy atom. The van der Waals surface area contributed by atoms with Gasteiger partial charge in [0.2, 0.25) is 0 Å². The van der Waals surface area contributed by atoms with Crippen molar-refractivity contribution in [3.05, 3.63) is 54.1 Å². The Bertz CT molecular complexity index is 831. The molecule has 0 aliphatic carbocycles. The fraction of sp³-hybridized carbons (Fsp3) is 0.350. The number of rotatable bonds is 5. The van der Waals surface area contributed by atoms with Crippen molar-refractivity contribution in [2.24, 2.45) is 0 Å². The number of ether oxygens (including phenoxy) is 3. The maximum Gasteiger partial charge on any atom is 0.471 e. The first kappa shape index (κ1) is 22.8. The first-order valence-corrected chi connectivity index (χ1v) is 8.75. The number of carbonyl (C=O) groups excluding carboxylic acids is 1. The van der Waals surface area contributed by atoms with Crippen LogP contribution in [0.2, 0.25) is 0 Å². The summed E-state index contributed by atoms with van der Waals surface area (Å²) in [6, 6.07) is 14.4. The third-order valence-corrected chi connectivity index (χ3v) is 4.38. The van der Waals surface area contributed by atoms with Gasteiger partial charge in [0.15, 0.2) is 11.5 Å². The van der Waals surface area contributed by atoms with Crippen molar-refractivity contribution in [2.45, 2.75) is 18.7 Å². The Balaban J connectivity index is 0.00000300. The lowest BCUT2D eigenvalue weighted by Gasteiger charge is -2.33. The van der Waals surface area contributed by atoms with E-state index < -0.39 is 18.2 Å².